The quantitative estimate of drug-likeness (QED) is 0.803. The first-order chi connectivity index (χ1) is 9.81. The van der Waals surface area contributed by atoms with Crippen LogP contribution in [-0.2, 0) is 6.42 Å². The third kappa shape index (κ3) is 3.37. The summed E-state index contributed by atoms with van der Waals surface area (Å²) >= 11 is 3.41. The molecule has 1 fully saturated rings. The van der Waals surface area contributed by atoms with Crippen molar-refractivity contribution in [2.24, 2.45) is 5.92 Å². The van der Waals surface area contributed by atoms with Crippen molar-refractivity contribution in [3.63, 3.8) is 0 Å². The average molecular weight is 332 g/mol. The Labute approximate surface area is 128 Å². The predicted octanol–water partition coefficient (Wildman–Crippen LogP) is 3.70. The van der Waals surface area contributed by atoms with Gasteiger partial charge in [0.25, 0.3) is 0 Å². The Balaban J connectivity index is 1.57. The molecule has 4 heteroatoms. The second kappa shape index (κ2) is 6.35. The lowest BCUT2D eigenvalue weighted by molar-refractivity contribution is 0.402. The molecule has 0 bridgehead atoms. The van der Waals surface area contributed by atoms with Crippen LogP contribution in [0.5, 0.6) is 0 Å². The normalized spacial score (nSPS) is 16.4. The van der Waals surface area contributed by atoms with Gasteiger partial charge in [-0.3, -0.25) is 0 Å². The van der Waals surface area contributed by atoms with Gasteiger partial charge in [-0.2, -0.15) is 0 Å². The van der Waals surface area contributed by atoms with E-state index in [1.54, 1.807) is 6.33 Å². The lowest BCUT2D eigenvalue weighted by Crippen LogP contribution is -2.34. The number of nitrogens with zero attached hydrogens (tertiary/aromatic N) is 3. The SMILES string of the molecule is Brc1cc(N2CCC(Cc3ccccc3)CC2)ncn1. The van der Waals surface area contributed by atoms with Crippen molar-refractivity contribution in [1.29, 1.82) is 0 Å². The van der Waals surface area contributed by atoms with E-state index in [9.17, 15) is 0 Å². The van der Waals surface area contributed by atoms with Crippen molar-refractivity contribution in [1.82, 2.24) is 9.97 Å². The molecule has 1 saturated heterocycles. The number of hydrogen-bond acceptors (Lipinski definition) is 3. The van der Waals surface area contributed by atoms with E-state index < -0.39 is 0 Å². The van der Waals surface area contributed by atoms with E-state index >= 15 is 0 Å². The summed E-state index contributed by atoms with van der Waals surface area (Å²) in [5, 5.41) is 0. The minimum Gasteiger partial charge on any atom is -0.356 e. The van der Waals surface area contributed by atoms with E-state index in [1.807, 2.05) is 6.07 Å². The Kier molecular flexibility index (Phi) is 4.31. The van der Waals surface area contributed by atoms with Gasteiger partial charge in [-0.15, -0.1) is 0 Å². The minimum absolute atomic E-state index is 0.791. The van der Waals surface area contributed by atoms with Crippen LogP contribution < -0.4 is 4.90 Å². The molecule has 1 aliphatic rings. The smallest absolute Gasteiger partial charge is 0.133 e. The van der Waals surface area contributed by atoms with E-state index in [-0.39, 0.29) is 0 Å². The number of piperidine rings is 1. The summed E-state index contributed by atoms with van der Waals surface area (Å²) in [7, 11) is 0. The Hall–Kier alpha value is -1.42. The summed E-state index contributed by atoms with van der Waals surface area (Å²) in [5.41, 5.74) is 1.45. The van der Waals surface area contributed by atoms with Crippen LogP contribution in [0.25, 0.3) is 0 Å². The van der Waals surface area contributed by atoms with Crippen LogP contribution in [-0.4, -0.2) is 23.1 Å². The van der Waals surface area contributed by atoms with Crippen LogP contribution in [0.1, 0.15) is 18.4 Å². The van der Waals surface area contributed by atoms with Gasteiger partial charge in [0, 0.05) is 19.2 Å². The number of anilines is 1. The van der Waals surface area contributed by atoms with Gasteiger partial charge in [-0.1, -0.05) is 30.3 Å². The van der Waals surface area contributed by atoms with Crippen LogP contribution in [0.3, 0.4) is 0 Å². The first kappa shape index (κ1) is 13.6. The minimum atomic E-state index is 0.791. The fourth-order valence-corrected chi connectivity index (χ4v) is 3.11. The Morgan fingerprint density at radius 1 is 1.10 bits per heavy atom. The number of aromatic nitrogens is 2. The van der Waals surface area contributed by atoms with Crippen molar-refractivity contribution in [3.8, 4) is 0 Å². The van der Waals surface area contributed by atoms with Crippen LogP contribution in [0.4, 0.5) is 5.82 Å². The van der Waals surface area contributed by atoms with Gasteiger partial charge < -0.3 is 4.90 Å². The molecule has 0 aliphatic carbocycles. The summed E-state index contributed by atoms with van der Waals surface area (Å²) in [5.74, 6) is 1.82. The first-order valence-electron chi connectivity index (χ1n) is 7.07. The van der Waals surface area contributed by atoms with E-state index in [0.717, 1.165) is 29.4 Å². The predicted molar refractivity (Wildman–Crippen MR) is 84.8 cm³/mol. The maximum absolute atomic E-state index is 4.36. The van der Waals surface area contributed by atoms with Crippen LogP contribution in [0.15, 0.2) is 47.3 Å². The summed E-state index contributed by atoms with van der Waals surface area (Å²) < 4.78 is 0.855. The number of halogens is 1. The second-order valence-electron chi connectivity index (χ2n) is 5.32. The van der Waals surface area contributed by atoms with E-state index in [2.05, 4.69) is 61.1 Å². The van der Waals surface area contributed by atoms with Gasteiger partial charge in [-0.25, -0.2) is 9.97 Å². The van der Waals surface area contributed by atoms with Crippen molar-refractivity contribution in [2.75, 3.05) is 18.0 Å². The molecule has 3 nitrogen and oxygen atoms in total. The van der Waals surface area contributed by atoms with E-state index in [4.69, 9.17) is 0 Å². The molecule has 1 aromatic carbocycles. The molecule has 0 spiro atoms. The molecule has 3 rings (SSSR count). The van der Waals surface area contributed by atoms with E-state index in [1.165, 1.54) is 24.8 Å². The fraction of sp³-hybridized carbons (Fsp3) is 0.375. The van der Waals surface area contributed by atoms with Gasteiger partial charge in [0.1, 0.15) is 16.7 Å². The molecule has 2 aromatic rings. The number of hydrogen-bond donors (Lipinski definition) is 0. The number of benzene rings is 1. The van der Waals surface area contributed by atoms with E-state index in [0.29, 0.717) is 0 Å². The maximum atomic E-state index is 4.36. The topological polar surface area (TPSA) is 29.0 Å². The van der Waals surface area contributed by atoms with Gasteiger partial charge in [0.05, 0.1) is 0 Å². The van der Waals surface area contributed by atoms with Gasteiger partial charge in [-0.05, 0) is 46.7 Å². The summed E-state index contributed by atoms with van der Waals surface area (Å²) in [4.78, 5) is 10.8. The van der Waals surface area contributed by atoms with Crippen molar-refractivity contribution < 1.29 is 0 Å². The molecule has 104 valence electrons. The monoisotopic (exact) mass is 331 g/mol. The lowest BCUT2D eigenvalue weighted by atomic mass is 9.90. The number of rotatable bonds is 3. The zero-order chi connectivity index (χ0) is 13.8. The third-order valence-electron chi connectivity index (χ3n) is 3.93. The van der Waals surface area contributed by atoms with Gasteiger partial charge >= 0.3 is 0 Å². The highest BCUT2D eigenvalue weighted by molar-refractivity contribution is 9.10. The highest BCUT2D eigenvalue weighted by Crippen LogP contribution is 2.25. The highest BCUT2D eigenvalue weighted by atomic mass is 79.9. The summed E-state index contributed by atoms with van der Waals surface area (Å²) in [6, 6.07) is 12.8. The molecule has 0 amide bonds. The van der Waals surface area contributed by atoms with Crippen LogP contribution in [0, 0.1) is 5.92 Å². The first-order valence-corrected chi connectivity index (χ1v) is 7.87. The van der Waals surface area contributed by atoms with Crippen molar-refractivity contribution in [3.05, 3.63) is 52.9 Å². The zero-order valence-electron chi connectivity index (χ0n) is 11.4. The molecule has 0 saturated carbocycles. The molecule has 20 heavy (non-hydrogen) atoms. The molecule has 2 heterocycles. The average Bonchev–Trinajstić information content (AvgIpc) is 2.49. The zero-order valence-corrected chi connectivity index (χ0v) is 13.0. The molecule has 0 N–H and O–H groups in total. The van der Waals surface area contributed by atoms with Gasteiger partial charge in [0.15, 0.2) is 0 Å². The molecular formula is C16H18BrN3. The van der Waals surface area contributed by atoms with Crippen molar-refractivity contribution >= 4 is 21.7 Å². The standard InChI is InChI=1S/C16H18BrN3/c17-15-11-16(19-12-18-15)20-8-6-14(7-9-20)10-13-4-2-1-3-5-13/h1-5,11-12,14H,6-10H2. The Morgan fingerprint density at radius 3 is 2.55 bits per heavy atom. The fourth-order valence-electron chi connectivity index (χ4n) is 2.81. The molecular weight excluding hydrogens is 314 g/mol. The largest absolute Gasteiger partial charge is 0.356 e. The molecule has 0 radical (unpaired) electrons. The van der Waals surface area contributed by atoms with Crippen molar-refractivity contribution in [2.45, 2.75) is 19.3 Å². The molecule has 0 atom stereocenters. The molecule has 1 aliphatic heterocycles. The third-order valence-corrected chi connectivity index (χ3v) is 4.36. The highest BCUT2D eigenvalue weighted by Gasteiger charge is 2.20. The second-order valence-corrected chi connectivity index (χ2v) is 6.13. The maximum Gasteiger partial charge on any atom is 0.133 e. The summed E-state index contributed by atoms with van der Waals surface area (Å²) in [6.45, 7) is 2.17. The summed E-state index contributed by atoms with van der Waals surface area (Å²) in [6.07, 6.45) is 5.28. The molecule has 0 unspecified atom stereocenters. The Morgan fingerprint density at radius 2 is 1.85 bits per heavy atom. The molecule has 1 aromatic heterocycles. The lowest BCUT2D eigenvalue weighted by Gasteiger charge is -2.32. The van der Waals surface area contributed by atoms with Crippen LogP contribution >= 0.6 is 15.9 Å². The van der Waals surface area contributed by atoms with Gasteiger partial charge in [0.2, 0.25) is 0 Å². The Bertz CT molecular complexity index is 551. The van der Waals surface area contributed by atoms with Crippen LogP contribution in [0.2, 0.25) is 0 Å².